The first-order valence-electron chi connectivity index (χ1n) is 7.86. The van der Waals surface area contributed by atoms with E-state index in [1.54, 1.807) is 4.68 Å². The van der Waals surface area contributed by atoms with Crippen molar-refractivity contribution < 1.29 is 9.00 Å². The minimum atomic E-state index is -1.21. The van der Waals surface area contributed by atoms with Gasteiger partial charge in [-0.2, -0.15) is 4.68 Å². The molecule has 1 atom stereocenters. The molecule has 1 aromatic heterocycles. The SMILES string of the molecule is Cc1cccc(C)c1-n1nnnc1CS(=O)CCC(=O)NC(C)C. The molecule has 1 unspecified atom stereocenters. The smallest absolute Gasteiger partial charge is 0.221 e. The van der Waals surface area contributed by atoms with Crippen LogP contribution >= 0.6 is 0 Å². The normalized spacial score (nSPS) is 12.4. The van der Waals surface area contributed by atoms with Gasteiger partial charge in [-0.05, 0) is 49.2 Å². The number of nitrogens with zero attached hydrogens (tertiary/aromatic N) is 4. The van der Waals surface area contributed by atoms with Crippen LogP contribution in [0.15, 0.2) is 18.2 Å². The Morgan fingerprint density at radius 1 is 1.29 bits per heavy atom. The number of rotatable bonds is 7. The second kappa shape index (κ2) is 8.14. The molecular formula is C16H23N5O2S. The number of benzene rings is 1. The largest absolute Gasteiger partial charge is 0.354 e. The van der Waals surface area contributed by atoms with Crippen LogP contribution in [0.3, 0.4) is 0 Å². The fraction of sp³-hybridized carbons (Fsp3) is 0.500. The standard InChI is InChI=1S/C16H23N5O2S/c1-11(2)17-15(22)8-9-24(23)10-14-18-19-20-21(14)16-12(3)6-5-7-13(16)4/h5-7,11H,8-10H2,1-4H3,(H,17,22). The summed E-state index contributed by atoms with van der Waals surface area (Å²) in [5.41, 5.74) is 3.00. The molecule has 0 saturated carbocycles. The van der Waals surface area contributed by atoms with Crippen molar-refractivity contribution in [1.29, 1.82) is 0 Å². The zero-order chi connectivity index (χ0) is 17.7. The van der Waals surface area contributed by atoms with Gasteiger partial charge in [0.15, 0.2) is 5.82 Å². The molecule has 130 valence electrons. The number of carbonyl (C=O) groups is 1. The predicted molar refractivity (Wildman–Crippen MR) is 93.2 cm³/mol. The van der Waals surface area contributed by atoms with Gasteiger partial charge in [0.25, 0.3) is 0 Å². The topological polar surface area (TPSA) is 89.8 Å². The summed E-state index contributed by atoms with van der Waals surface area (Å²) >= 11 is 0. The lowest BCUT2D eigenvalue weighted by molar-refractivity contribution is -0.121. The van der Waals surface area contributed by atoms with Crippen molar-refractivity contribution in [2.75, 3.05) is 5.75 Å². The van der Waals surface area contributed by atoms with Crippen LogP contribution < -0.4 is 5.32 Å². The Labute approximate surface area is 144 Å². The number of nitrogens with one attached hydrogen (secondary N) is 1. The number of carbonyl (C=O) groups excluding carboxylic acids is 1. The average molecular weight is 349 g/mol. The van der Waals surface area contributed by atoms with Crippen LogP contribution in [0.4, 0.5) is 0 Å². The van der Waals surface area contributed by atoms with Crippen LogP contribution in [-0.2, 0) is 21.3 Å². The molecule has 1 heterocycles. The minimum Gasteiger partial charge on any atom is -0.354 e. The van der Waals surface area contributed by atoms with Crippen LogP contribution in [0.1, 0.15) is 37.2 Å². The Kier molecular flexibility index (Phi) is 6.19. The lowest BCUT2D eigenvalue weighted by Gasteiger charge is -2.11. The molecule has 2 aromatic rings. The van der Waals surface area contributed by atoms with E-state index in [0.29, 0.717) is 5.82 Å². The first-order chi connectivity index (χ1) is 11.4. The molecule has 0 fully saturated rings. The average Bonchev–Trinajstić information content (AvgIpc) is 2.92. The third-order valence-electron chi connectivity index (χ3n) is 3.48. The molecule has 0 aliphatic carbocycles. The van der Waals surface area contributed by atoms with Crippen molar-refractivity contribution in [3.8, 4) is 5.69 Å². The van der Waals surface area contributed by atoms with Gasteiger partial charge < -0.3 is 5.32 Å². The summed E-state index contributed by atoms with van der Waals surface area (Å²) in [6.45, 7) is 7.77. The first kappa shape index (κ1) is 18.3. The van der Waals surface area contributed by atoms with E-state index in [1.165, 1.54) is 0 Å². The Morgan fingerprint density at radius 3 is 2.58 bits per heavy atom. The molecule has 24 heavy (non-hydrogen) atoms. The highest BCUT2D eigenvalue weighted by molar-refractivity contribution is 7.84. The fourth-order valence-corrected chi connectivity index (χ4v) is 3.45. The van der Waals surface area contributed by atoms with E-state index in [1.807, 2.05) is 45.9 Å². The zero-order valence-corrected chi connectivity index (χ0v) is 15.3. The zero-order valence-electron chi connectivity index (χ0n) is 14.4. The number of hydrogen-bond acceptors (Lipinski definition) is 5. The van der Waals surface area contributed by atoms with Gasteiger partial charge in [-0.1, -0.05) is 18.2 Å². The number of amides is 1. The van der Waals surface area contributed by atoms with E-state index in [2.05, 4.69) is 20.8 Å². The summed E-state index contributed by atoms with van der Waals surface area (Å²) in [6, 6.07) is 6.04. The van der Waals surface area contributed by atoms with E-state index in [0.717, 1.165) is 16.8 Å². The highest BCUT2D eigenvalue weighted by Gasteiger charge is 2.16. The van der Waals surface area contributed by atoms with E-state index in [9.17, 15) is 9.00 Å². The van der Waals surface area contributed by atoms with Gasteiger partial charge in [-0.3, -0.25) is 9.00 Å². The molecule has 1 aromatic carbocycles. The van der Waals surface area contributed by atoms with Crippen LogP contribution in [0.5, 0.6) is 0 Å². The van der Waals surface area contributed by atoms with Gasteiger partial charge in [0, 0.05) is 29.0 Å². The van der Waals surface area contributed by atoms with Crippen molar-refractivity contribution in [2.45, 2.75) is 45.9 Å². The minimum absolute atomic E-state index is 0.0854. The number of tetrazole rings is 1. The fourth-order valence-electron chi connectivity index (χ4n) is 2.43. The maximum atomic E-state index is 12.3. The quantitative estimate of drug-likeness (QED) is 0.817. The van der Waals surface area contributed by atoms with Gasteiger partial charge >= 0.3 is 0 Å². The highest BCUT2D eigenvalue weighted by Crippen LogP contribution is 2.19. The summed E-state index contributed by atoms with van der Waals surface area (Å²) in [7, 11) is -1.21. The maximum absolute atomic E-state index is 12.3. The molecule has 2 rings (SSSR count). The van der Waals surface area contributed by atoms with Gasteiger partial charge in [-0.25, -0.2) is 0 Å². The van der Waals surface area contributed by atoms with Crippen LogP contribution in [0.2, 0.25) is 0 Å². The number of aryl methyl sites for hydroxylation is 2. The number of para-hydroxylation sites is 1. The van der Waals surface area contributed by atoms with E-state index < -0.39 is 10.8 Å². The molecule has 0 spiro atoms. The van der Waals surface area contributed by atoms with Gasteiger partial charge in [-0.15, -0.1) is 5.10 Å². The van der Waals surface area contributed by atoms with Gasteiger partial charge in [0.05, 0.1) is 11.4 Å². The van der Waals surface area contributed by atoms with Crippen molar-refractivity contribution >= 4 is 16.7 Å². The Morgan fingerprint density at radius 2 is 1.96 bits per heavy atom. The molecule has 1 amide bonds. The lowest BCUT2D eigenvalue weighted by Crippen LogP contribution is -2.31. The molecular weight excluding hydrogens is 326 g/mol. The van der Waals surface area contributed by atoms with Crippen molar-refractivity contribution in [3.05, 3.63) is 35.2 Å². The maximum Gasteiger partial charge on any atom is 0.221 e. The predicted octanol–water partition coefficient (Wildman–Crippen LogP) is 1.44. The molecule has 0 saturated heterocycles. The van der Waals surface area contributed by atoms with Crippen LogP contribution in [-0.4, -0.2) is 42.1 Å². The molecule has 1 N–H and O–H groups in total. The molecule has 7 nitrogen and oxygen atoms in total. The molecule has 0 radical (unpaired) electrons. The van der Waals surface area contributed by atoms with Gasteiger partial charge in [0.2, 0.25) is 5.91 Å². The lowest BCUT2D eigenvalue weighted by atomic mass is 10.1. The first-order valence-corrected chi connectivity index (χ1v) is 9.35. The van der Waals surface area contributed by atoms with E-state index in [-0.39, 0.29) is 29.9 Å². The Hall–Kier alpha value is -2.09. The third-order valence-corrected chi connectivity index (χ3v) is 4.72. The van der Waals surface area contributed by atoms with E-state index >= 15 is 0 Å². The monoisotopic (exact) mass is 349 g/mol. The molecule has 0 bridgehead atoms. The molecule has 0 aliphatic heterocycles. The summed E-state index contributed by atoms with van der Waals surface area (Å²) in [4.78, 5) is 11.6. The Bertz CT molecular complexity index is 722. The molecule has 0 aliphatic rings. The summed E-state index contributed by atoms with van der Waals surface area (Å²) in [6.07, 6.45) is 0.232. The van der Waals surface area contributed by atoms with Crippen molar-refractivity contribution in [1.82, 2.24) is 25.5 Å². The van der Waals surface area contributed by atoms with Crippen LogP contribution in [0.25, 0.3) is 5.69 Å². The van der Waals surface area contributed by atoms with Gasteiger partial charge in [0.1, 0.15) is 0 Å². The molecule has 8 heteroatoms. The third kappa shape index (κ3) is 4.70. The second-order valence-electron chi connectivity index (χ2n) is 6.01. The van der Waals surface area contributed by atoms with Crippen LogP contribution in [0, 0.1) is 13.8 Å². The highest BCUT2D eigenvalue weighted by atomic mass is 32.2. The summed E-state index contributed by atoms with van der Waals surface area (Å²) < 4.78 is 13.9. The van der Waals surface area contributed by atoms with Crippen molar-refractivity contribution in [3.63, 3.8) is 0 Å². The number of hydrogen-bond donors (Lipinski definition) is 1. The second-order valence-corrected chi connectivity index (χ2v) is 7.58. The summed E-state index contributed by atoms with van der Waals surface area (Å²) in [5.74, 6) is 0.955. The summed E-state index contributed by atoms with van der Waals surface area (Å²) in [5, 5.41) is 14.5. The van der Waals surface area contributed by atoms with Crippen molar-refractivity contribution in [2.24, 2.45) is 0 Å². The van der Waals surface area contributed by atoms with E-state index in [4.69, 9.17) is 0 Å². The Balaban J connectivity index is 2.06. The number of aromatic nitrogens is 4.